The molecule has 0 aromatic heterocycles. The van der Waals surface area contributed by atoms with Gasteiger partial charge in [-0.15, -0.1) is 0 Å². The van der Waals surface area contributed by atoms with Crippen molar-refractivity contribution in [1.82, 2.24) is 4.90 Å². The van der Waals surface area contributed by atoms with Crippen molar-refractivity contribution >= 4 is 11.9 Å². The van der Waals surface area contributed by atoms with Crippen LogP contribution in [0.25, 0.3) is 0 Å². The third kappa shape index (κ3) is 2.03. The quantitative estimate of drug-likeness (QED) is 0.884. The summed E-state index contributed by atoms with van der Waals surface area (Å²) >= 11 is 0. The second kappa shape index (κ2) is 4.81. The molecule has 1 aromatic rings. The summed E-state index contributed by atoms with van der Waals surface area (Å²) in [6.07, 6.45) is 0. The van der Waals surface area contributed by atoms with Crippen molar-refractivity contribution in [2.45, 2.75) is 12.8 Å². The average Bonchev–Trinajstić information content (AvgIpc) is 3.01. The van der Waals surface area contributed by atoms with Gasteiger partial charge in [0.1, 0.15) is 18.3 Å². The number of carbonyl (C=O) groups excluding carboxylic acids is 1. The number of rotatable bonds is 2. The summed E-state index contributed by atoms with van der Waals surface area (Å²) in [5.41, 5.74) is 0.906. The number of carboxylic acid groups (broad SMARTS) is 1. The lowest BCUT2D eigenvalue weighted by Gasteiger charge is -2.19. The lowest BCUT2D eigenvalue weighted by molar-refractivity contribution is -0.142. The Kier molecular flexibility index (Phi) is 3.12. The average molecular weight is 275 g/mol. The first-order chi connectivity index (χ1) is 9.58. The summed E-state index contributed by atoms with van der Waals surface area (Å²) in [5.74, 6) is -0.856. The molecule has 5 nitrogen and oxygen atoms in total. The van der Waals surface area contributed by atoms with E-state index < -0.39 is 11.9 Å². The number of para-hydroxylation sites is 1. The molecule has 3 rings (SSSR count). The van der Waals surface area contributed by atoms with Gasteiger partial charge in [-0.25, -0.2) is 0 Å². The van der Waals surface area contributed by atoms with E-state index in [9.17, 15) is 9.59 Å². The second-order valence-corrected chi connectivity index (χ2v) is 5.57. The Hall–Kier alpha value is -2.04. The van der Waals surface area contributed by atoms with Crippen molar-refractivity contribution in [2.24, 2.45) is 11.8 Å². The van der Waals surface area contributed by atoms with E-state index >= 15 is 0 Å². The molecule has 1 aromatic carbocycles. The van der Waals surface area contributed by atoms with Crippen molar-refractivity contribution < 1.29 is 19.4 Å². The fourth-order valence-corrected chi connectivity index (χ4v) is 3.06. The van der Waals surface area contributed by atoms with Crippen LogP contribution < -0.4 is 4.74 Å². The molecule has 2 aliphatic rings. The maximum atomic E-state index is 12.6. The number of fused-ring (bicyclic) bond motifs is 1. The standard InChI is InChI=1S/C15H17NO4/c1-9-6-16(7-11(9)15(18)19)14(17)12-8-20-13-5-3-2-4-10(12)13/h2-5,9,11-12H,6-8H2,1H3,(H,18,19)/t9-,11-,12?/m1/s1. The molecule has 3 atom stereocenters. The van der Waals surface area contributed by atoms with Crippen molar-refractivity contribution in [3.63, 3.8) is 0 Å². The normalized spacial score (nSPS) is 28.1. The van der Waals surface area contributed by atoms with Crippen LogP contribution in [0.3, 0.4) is 0 Å². The van der Waals surface area contributed by atoms with Crippen LogP contribution in [0, 0.1) is 11.8 Å². The minimum absolute atomic E-state index is 0.00554. The molecule has 2 aliphatic heterocycles. The maximum Gasteiger partial charge on any atom is 0.308 e. The van der Waals surface area contributed by atoms with Gasteiger partial charge in [0.05, 0.1) is 5.92 Å². The number of benzene rings is 1. The van der Waals surface area contributed by atoms with Gasteiger partial charge in [-0.2, -0.15) is 0 Å². The first-order valence-corrected chi connectivity index (χ1v) is 6.81. The Morgan fingerprint density at radius 1 is 1.30 bits per heavy atom. The summed E-state index contributed by atoms with van der Waals surface area (Å²) in [5, 5.41) is 9.14. The van der Waals surface area contributed by atoms with Crippen LogP contribution in [0.15, 0.2) is 24.3 Å². The van der Waals surface area contributed by atoms with Crippen LogP contribution in [-0.2, 0) is 9.59 Å². The van der Waals surface area contributed by atoms with Gasteiger partial charge in [-0.1, -0.05) is 25.1 Å². The molecule has 0 spiro atoms. The smallest absolute Gasteiger partial charge is 0.308 e. The first kappa shape index (κ1) is 13.0. The van der Waals surface area contributed by atoms with E-state index in [0.717, 1.165) is 11.3 Å². The molecule has 5 heteroatoms. The van der Waals surface area contributed by atoms with Gasteiger partial charge in [-0.3, -0.25) is 9.59 Å². The van der Waals surface area contributed by atoms with Crippen molar-refractivity contribution in [3.8, 4) is 5.75 Å². The monoisotopic (exact) mass is 275 g/mol. The van der Waals surface area contributed by atoms with E-state index in [1.165, 1.54) is 0 Å². The highest BCUT2D eigenvalue weighted by molar-refractivity contribution is 5.86. The Labute approximate surface area is 117 Å². The number of carboxylic acids is 1. The van der Waals surface area contributed by atoms with Crippen LogP contribution in [0.5, 0.6) is 5.75 Å². The number of nitrogens with zero attached hydrogens (tertiary/aromatic N) is 1. The van der Waals surface area contributed by atoms with Gasteiger partial charge in [0, 0.05) is 18.7 Å². The van der Waals surface area contributed by atoms with E-state index in [2.05, 4.69) is 0 Å². The molecule has 1 unspecified atom stereocenters. The van der Waals surface area contributed by atoms with E-state index in [0.29, 0.717) is 19.7 Å². The highest BCUT2D eigenvalue weighted by Gasteiger charge is 2.41. The summed E-state index contributed by atoms with van der Waals surface area (Å²) in [4.78, 5) is 25.4. The number of hydrogen-bond donors (Lipinski definition) is 1. The summed E-state index contributed by atoms with van der Waals surface area (Å²) in [6, 6.07) is 7.53. The molecular formula is C15H17NO4. The van der Waals surface area contributed by atoms with Crippen LogP contribution in [0.1, 0.15) is 18.4 Å². The molecule has 2 heterocycles. The van der Waals surface area contributed by atoms with Crippen LogP contribution in [0.2, 0.25) is 0 Å². The van der Waals surface area contributed by atoms with E-state index in [4.69, 9.17) is 9.84 Å². The molecule has 1 saturated heterocycles. The third-order valence-electron chi connectivity index (χ3n) is 4.24. The predicted octanol–water partition coefficient (Wildman–Crippen LogP) is 1.34. The topological polar surface area (TPSA) is 66.8 Å². The molecule has 1 amide bonds. The predicted molar refractivity (Wildman–Crippen MR) is 71.5 cm³/mol. The summed E-state index contributed by atoms with van der Waals surface area (Å²) in [6.45, 7) is 3.04. The number of carbonyl (C=O) groups is 2. The highest BCUT2D eigenvalue weighted by Crippen LogP contribution is 2.36. The number of amides is 1. The highest BCUT2D eigenvalue weighted by atomic mass is 16.5. The molecule has 1 fully saturated rings. The van der Waals surface area contributed by atoms with Crippen molar-refractivity contribution in [2.75, 3.05) is 19.7 Å². The summed E-state index contributed by atoms with van der Waals surface area (Å²) in [7, 11) is 0. The molecule has 0 bridgehead atoms. The number of hydrogen-bond acceptors (Lipinski definition) is 3. The largest absolute Gasteiger partial charge is 0.492 e. The molecular weight excluding hydrogens is 258 g/mol. The van der Waals surface area contributed by atoms with Gasteiger partial charge >= 0.3 is 5.97 Å². The molecule has 106 valence electrons. The first-order valence-electron chi connectivity index (χ1n) is 6.81. The second-order valence-electron chi connectivity index (χ2n) is 5.57. The fourth-order valence-electron chi connectivity index (χ4n) is 3.06. The van der Waals surface area contributed by atoms with E-state index in [1.54, 1.807) is 4.90 Å². The number of likely N-dealkylation sites (tertiary alicyclic amines) is 1. The lowest BCUT2D eigenvalue weighted by atomic mass is 9.99. The zero-order chi connectivity index (χ0) is 14.3. The minimum atomic E-state index is -0.823. The Bertz CT molecular complexity index is 557. The van der Waals surface area contributed by atoms with Crippen LogP contribution >= 0.6 is 0 Å². The molecule has 0 saturated carbocycles. The van der Waals surface area contributed by atoms with Gasteiger partial charge in [-0.05, 0) is 12.0 Å². The molecule has 0 aliphatic carbocycles. The van der Waals surface area contributed by atoms with Crippen molar-refractivity contribution in [3.05, 3.63) is 29.8 Å². The maximum absolute atomic E-state index is 12.6. The molecule has 1 N–H and O–H groups in total. The van der Waals surface area contributed by atoms with Crippen molar-refractivity contribution in [1.29, 1.82) is 0 Å². The molecule has 0 radical (unpaired) electrons. The van der Waals surface area contributed by atoms with Crippen LogP contribution in [-0.4, -0.2) is 41.6 Å². The zero-order valence-corrected chi connectivity index (χ0v) is 11.3. The van der Waals surface area contributed by atoms with Gasteiger partial charge in [0.2, 0.25) is 5.91 Å². The zero-order valence-electron chi connectivity index (χ0n) is 11.3. The SMILES string of the molecule is C[C@@H]1CN(C(=O)C2COc3ccccc32)C[C@H]1C(=O)O. The number of ether oxygens (including phenoxy) is 1. The lowest BCUT2D eigenvalue weighted by Crippen LogP contribution is -2.34. The third-order valence-corrected chi connectivity index (χ3v) is 4.24. The Morgan fingerprint density at radius 3 is 2.75 bits per heavy atom. The summed E-state index contributed by atoms with van der Waals surface area (Å²) < 4.78 is 5.53. The van der Waals surface area contributed by atoms with Gasteiger partial charge in [0.15, 0.2) is 0 Å². The molecule has 20 heavy (non-hydrogen) atoms. The van der Waals surface area contributed by atoms with Gasteiger partial charge in [0.25, 0.3) is 0 Å². The Morgan fingerprint density at radius 2 is 2.05 bits per heavy atom. The Balaban J connectivity index is 1.77. The van der Waals surface area contributed by atoms with E-state index in [1.807, 2.05) is 31.2 Å². The van der Waals surface area contributed by atoms with Gasteiger partial charge < -0.3 is 14.7 Å². The fraction of sp³-hybridized carbons (Fsp3) is 0.467. The number of aliphatic carboxylic acids is 1. The van der Waals surface area contributed by atoms with Crippen LogP contribution in [0.4, 0.5) is 0 Å². The minimum Gasteiger partial charge on any atom is -0.492 e. The van der Waals surface area contributed by atoms with E-state index in [-0.39, 0.29) is 17.7 Å².